The summed E-state index contributed by atoms with van der Waals surface area (Å²) in [5.41, 5.74) is 4.34. The molecule has 1 aliphatic heterocycles. The van der Waals surface area contributed by atoms with Gasteiger partial charge in [-0.25, -0.2) is 4.79 Å². The summed E-state index contributed by atoms with van der Waals surface area (Å²) >= 11 is 0. The third kappa shape index (κ3) is 5.06. The van der Waals surface area contributed by atoms with Crippen LogP contribution in [0.25, 0.3) is 22.2 Å². The van der Waals surface area contributed by atoms with Crippen molar-refractivity contribution in [2.75, 3.05) is 30.3 Å². The largest absolute Gasteiger partial charge is 0.492 e. The molecule has 10 nitrogen and oxygen atoms in total. The Bertz CT molecular complexity index is 1480. The van der Waals surface area contributed by atoms with Gasteiger partial charge in [0.05, 0.1) is 6.61 Å². The molecule has 1 amide bonds. The van der Waals surface area contributed by atoms with Crippen LogP contribution >= 0.6 is 0 Å². The number of hydrogen-bond donors (Lipinski definition) is 3. The average Bonchev–Trinajstić information content (AvgIpc) is 3.41. The second-order valence-electron chi connectivity index (χ2n) is 9.93. The number of anilines is 2. The summed E-state index contributed by atoms with van der Waals surface area (Å²) in [6, 6.07) is 10.2. The summed E-state index contributed by atoms with van der Waals surface area (Å²) < 4.78 is 16.9. The third-order valence-corrected chi connectivity index (χ3v) is 7.31. The Morgan fingerprint density at radius 2 is 1.97 bits per heavy atom. The van der Waals surface area contributed by atoms with Crippen molar-refractivity contribution in [3.63, 3.8) is 0 Å². The highest BCUT2D eigenvalue weighted by Gasteiger charge is 2.25. The van der Waals surface area contributed by atoms with Gasteiger partial charge in [-0.05, 0) is 68.5 Å². The fourth-order valence-electron chi connectivity index (χ4n) is 5.09. The zero-order valence-electron chi connectivity index (χ0n) is 20.8. The summed E-state index contributed by atoms with van der Waals surface area (Å²) in [5, 5.41) is 6.43. The van der Waals surface area contributed by atoms with E-state index in [9.17, 15) is 9.59 Å². The van der Waals surface area contributed by atoms with Gasteiger partial charge in [0.25, 0.3) is 6.01 Å². The van der Waals surface area contributed by atoms with Gasteiger partial charge in [-0.1, -0.05) is 6.42 Å². The first-order valence-electron chi connectivity index (χ1n) is 13.0. The van der Waals surface area contributed by atoms with E-state index in [1.807, 2.05) is 37.3 Å². The number of carbonyl (C=O) groups is 1. The molecule has 2 fully saturated rings. The van der Waals surface area contributed by atoms with Crippen LogP contribution in [0.15, 0.2) is 44.0 Å². The summed E-state index contributed by atoms with van der Waals surface area (Å²) in [5.74, 6) is 0.388. The lowest BCUT2D eigenvalue weighted by Crippen LogP contribution is -2.38. The Morgan fingerprint density at radius 3 is 2.73 bits per heavy atom. The quantitative estimate of drug-likeness (QED) is 0.320. The van der Waals surface area contributed by atoms with Gasteiger partial charge in [-0.15, -0.1) is 0 Å². The summed E-state index contributed by atoms with van der Waals surface area (Å²) in [6.45, 7) is 4.99. The molecule has 2 aromatic carbocycles. The predicted molar refractivity (Wildman–Crippen MR) is 140 cm³/mol. The molecule has 3 heterocycles. The molecular weight excluding hydrogens is 474 g/mol. The second kappa shape index (κ2) is 9.93. The highest BCUT2D eigenvalue weighted by molar-refractivity contribution is 5.94. The standard InChI is InChI=1S/C27H31N5O5/c1-2-35-22-12-16(13-23-24(22)31-27(34)37-23)15-32-10-8-18(9-11-32)29-26-30-20-14-19(6-7-21(20)36-26)28-25(33)17-4-3-5-17/h6-7,12-14,17-18H,2-5,8-11,15H2,1H3,(H,28,33)(H,29,30)(H,31,34). The summed E-state index contributed by atoms with van der Waals surface area (Å²) in [4.78, 5) is 33.6. The monoisotopic (exact) mass is 505 g/mol. The van der Waals surface area contributed by atoms with E-state index in [1.54, 1.807) is 0 Å². The van der Waals surface area contributed by atoms with Gasteiger partial charge >= 0.3 is 5.76 Å². The van der Waals surface area contributed by atoms with Crippen molar-refractivity contribution < 1.29 is 18.4 Å². The smallest absolute Gasteiger partial charge is 0.417 e. The van der Waals surface area contributed by atoms with Gasteiger partial charge in [0.15, 0.2) is 11.2 Å². The molecule has 3 N–H and O–H groups in total. The molecule has 4 aromatic rings. The number of fused-ring (bicyclic) bond motifs is 2. The van der Waals surface area contributed by atoms with Crippen LogP contribution in [0.3, 0.4) is 0 Å². The van der Waals surface area contributed by atoms with Crippen LogP contribution in [-0.2, 0) is 11.3 Å². The Morgan fingerprint density at radius 1 is 1.14 bits per heavy atom. The van der Waals surface area contributed by atoms with Crippen molar-refractivity contribution in [1.29, 1.82) is 0 Å². The molecule has 194 valence electrons. The van der Waals surface area contributed by atoms with Crippen LogP contribution in [0, 0.1) is 5.92 Å². The fraction of sp³-hybridized carbons (Fsp3) is 0.444. The molecule has 0 unspecified atom stereocenters. The fourth-order valence-corrected chi connectivity index (χ4v) is 5.09. The van der Waals surface area contributed by atoms with E-state index >= 15 is 0 Å². The molecule has 1 saturated carbocycles. The minimum Gasteiger partial charge on any atom is -0.492 e. The predicted octanol–water partition coefficient (Wildman–Crippen LogP) is 4.48. The molecule has 2 aliphatic rings. The Kier molecular flexibility index (Phi) is 6.33. The SMILES string of the molecule is CCOc1cc(CN2CCC(Nc3nc4cc(NC(=O)C5CCC5)ccc4o3)CC2)cc2oc(=O)[nH]c12. The molecule has 2 aromatic heterocycles. The number of ether oxygens (including phenoxy) is 1. The van der Waals surface area contributed by atoms with Crippen LogP contribution in [0.1, 0.15) is 44.6 Å². The zero-order chi connectivity index (χ0) is 25.4. The lowest BCUT2D eigenvalue weighted by molar-refractivity contribution is -0.122. The lowest BCUT2D eigenvalue weighted by atomic mass is 9.85. The van der Waals surface area contributed by atoms with E-state index in [4.69, 9.17) is 13.6 Å². The number of rotatable bonds is 8. The van der Waals surface area contributed by atoms with E-state index in [0.29, 0.717) is 35.1 Å². The molecule has 10 heteroatoms. The lowest BCUT2D eigenvalue weighted by Gasteiger charge is -2.32. The second-order valence-corrected chi connectivity index (χ2v) is 9.93. The Hall–Kier alpha value is -3.79. The summed E-state index contributed by atoms with van der Waals surface area (Å²) in [7, 11) is 0. The van der Waals surface area contributed by atoms with Gasteiger partial charge in [-0.2, -0.15) is 4.98 Å². The molecule has 6 rings (SSSR count). The van der Waals surface area contributed by atoms with E-state index in [-0.39, 0.29) is 17.9 Å². The van der Waals surface area contributed by atoms with Crippen molar-refractivity contribution in [2.45, 2.75) is 51.6 Å². The summed E-state index contributed by atoms with van der Waals surface area (Å²) in [6.07, 6.45) is 4.97. The molecule has 37 heavy (non-hydrogen) atoms. The number of benzene rings is 2. The Balaban J connectivity index is 1.05. The minimum absolute atomic E-state index is 0.0888. The number of oxazole rings is 2. The molecule has 0 atom stereocenters. The molecular formula is C27H31N5O5. The van der Waals surface area contributed by atoms with Crippen molar-refractivity contribution in [1.82, 2.24) is 14.9 Å². The number of amides is 1. The van der Waals surface area contributed by atoms with Crippen LogP contribution in [0.2, 0.25) is 0 Å². The number of aromatic amines is 1. The number of hydrogen-bond acceptors (Lipinski definition) is 8. The molecule has 0 radical (unpaired) electrons. The highest BCUT2D eigenvalue weighted by atomic mass is 16.5. The van der Waals surface area contributed by atoms with Gasteiger partial charge < -0.3 is 24.2 Å². The van der Waals surface area contributed by atoms with Crippen LogP contribution in [-0.4, -0.2) is 46.5 Å². The molecule has 1 aliphatic carbocycles. The molecule has 0 bridgehead atoms. The van der Waals surface area contributed by atoms with Crippen molar-refractivity contribution >= 4 is 39.8 Å². The van der Waals surface area contributed by atoms with Crippen molar-refractivity contribution in [2.24, 2.45) is 5.92 Å². The maximum absolute atomic E-state index is 12.2. The van der Waals surface area contributed by atoms with Gasteiger partial charge in [-0.3, -0.25) is 14.7 Å². The number of aromatic nitrogens is 2. The number of nitrogens with zero attached hydrogens (tertiary/aromatic N) is 2. The van der Waals surface area contributed by atoms with E-state index in [2.05, 4.69) is 25.5 Å². The van der Waals surface area contributed by atoms with Gasteiger partial charge in [0.2, 0.25) is 5.91 Å². The van der Waals surface area contributed by atoms with Crippen LogP contribution in [0.4, 0.5) is 11.7 Å². The van der Waals surface area contributed by atoms with E-state index in [1.165, 1.54) is 0 Å². The first-order chi connectivity index (χ1) is 18.0. The maximum Gasteiger partial charge on any atom is 0.417 e. The average molecular weight is 506 g/mol. The number of nitrogens with one attached hydrogen (secondary N) is 3. The number of likely N-dealkylation sites (tertiary alicyclic amines) is 1. The Labute approximate surface area is 213 Å². The third-order valence-electron chi connectivity index (χ3n) is 7.31. The van der Waals surface area contributed by atoms with Crippen LogP contribution < -0.4 is 21.1 Å². The first-order valence-corrected chi connectivity index (χ1v) is 13.0. The zero-order valence-corrected chi connectivity index (χ0v) is 20.8. The molecule has 1 saturated heterocycles. The molecule has 0 spiro atoms. The van der Waals surface area contributed by atoms with E-state index in [0.717, 1.165) is 68.5 Å². The minimum atomic E-state index is -0.478. The highest BCUT2D eigenvalue weighted by Crippen LogP contribution is 2.30. The van der Waals surface area contributed by atoms with Gasteiger partial charge in [0, 0.05) is 37.3 Å². The maximum atomic E-state index is 12.2. The van der Waals surface area contributed by atoms with E-state index < -0.39 is 5.76 Å². The van der Waals surface area contributed by atoms with Gasteiger partial charge in [0.1, 0.15) is 16.8 Å². The van der Waals surface area contributed by atoms with Crippen molar-refractivity contribution in [3.8, 4) is 5.75 Å². The normalized spacial score (nSPS) is 17.2. The van der Waals surface area contributed by atoms with Crippen LogP contribution in [0.5, 0.6) is 5.75 Å². The van der Waals surface area contributed by atoms with Crippen molar-refractivity contribution in [3.05, 3.63) is 46.4 Å². The first kappa shape index (κ1) is 23.6. The number of carbonyl (C=O) groups excluding carboxylic acids is 1. The number of H-pyrrole nitrogens is 1. The number of piperidine rings is 1. The topological polar surface area (TPSA) is 126 Å².